The summed E-state index contributed by atoms with van der Waals surface area (Å²) < 4.78 is 65.5. The molecule has 0 saturated heterocycles. The zero-order chi connectivity index (χ0) is 19.0. The summed E-state index contributed by atoms with van der Waals surface area (Å²) in [5, 5.41) is 12.9. The second-order valence-electron chi connectivity index (χ2n) is 6.54. The Balaban J connectivity index is 2.41. The Morgan fingerprint density at radius 2 is 1.88 bits per heavy atom. The molecule has 0 aliphatic rings. The van der Waals surface area contributed by atoms with Crippen molar-refractivity contribution in [3.63, 3.8) is 0 Å². The number of hydrogen-bond acceptors (Lipinski definition) is 4. The lowest BCUT2D eigenvalue weighted by Crippen LogP contribution is -2.22. The summed E-state index contributed by atoms with van der Waals surface area (Å²) in [6.45, 7) is 5.65. The van der Waals surface area contributed by atoms with Gasteiger partial charge in [0, 0.05) is 11.8 Å². The van der Waals surface area contributed by atoms with Crippen LogP contribution in [0.25, 0.3) is 0 Å². The first-order chi connectivity index (χ1) is 11.3. The van der Waals surface area contributed by atoms with E-state index in [9.17, 15) is 21.6 Å². The van der Waals surface area contributed by atoms with E-state index < -0.39 is 37.8 Å². The highest BCUT2D eigenvalue weighted by molar-refractivity contribution is 7.90. The Morgan fingerprint density at radius 3 is 2.36 bits per heavy atom. The minimum atomic E-state index is -4.81. The van der Waals surface area contributed by atoms with E-state index in [2.05, 4.69) is 5.10 Å². The number of hydrogen-bond donors (Lipinski definition) is 0. The fourth-order valence-corrected chi connectivity index (χ4v) is 3.48. The van der Waals surface area contributed by atoms with Gasteiger partial charge >= 0.3 is 6.18 Å². The number of aromatic nitrogens is 2. The Kier molecular flexibility index (Phi) is 4.70. The van der Waals surface area contributed by atoms with Crippen molar-refractivity contribution in [2.45, 2.75) is 43.1 Å². The van der Waals surface area contributed by atoms with Crippen molar-refractivity contribution in [3.05, 3.63) is 47.3 Å². The van der Waals surface area contributed by atoms with Gasteiger partial charge in [0.2, 0.25) is 0 Å². The second kappa shape index (κ2) is 6.19. The highest BCUT2D eigenvalue weighted by Crippen LogP contribution is 2.34. The minimum absolute atomic E-state index is 0.347. The molecule has 0 spiro atoms. The third-order valence-electron chi connectivity index (χ3n) is 3.46. The molecule has 1 aromatic heterocycles. The van der Waals surface area contributed by atoms with Crippen molar-refractivity contribution in [2.75, 3.05) is 0 Å². The molecular formula is C16H16F3N3O2S. The van der Waals surface area contributed by atoms with E-state index in [-0.39, 0.29) is 5.54 Å². The van der Waals surface area contributed by atoms with Crippen molar-refractivity contribution in [3.8, 4) is 6.07 Å². The topological polar surface area (TPSA) is 75.8 Å². The van der Waals surface area contributed by atoms with Gasteiger partial charge in [-0.25, -0.2) is 8.42 Å². The smallest absolute Gasteiger partial charge is 0.267 e. The van der Waals surface area contributed by atoms with Gasteiger partial charge in [-0.3, -0.25) is 4.68 Å². The Labute approximate surface area is 143 Å². The number of benzene rings is 1. The zero-order valence-electron chi connectivity index (χ0n) is 13.8. The quantitative estimate of drug-likeness (QED) is 0.827. The third-order valence-corrected chi connectivity index (χ3v) is 5.14. The Morgan fingerprint density at radius 1 is 1.24 bits per heavy atom. The molecule has 25 heavy (non-hydrogen) atoms. The Hall–Kier alpha value is -2.34. The molecule has 0 radical (unpaired) electrons. The van der Waals surface area contributed by atoms with Crippen LogP contribution < -0.4 is 0 Å². The number of nitriles is 1. The van der Waals surface area contributed by atoms with Crippen LogP contribution in [0.4, 0.5) is 13.2 Å². The van der Waals surface area contributed by atoms with Gasteiger partial charge in [-0.2, -0.15) is 23.5 Å². The predicted molar refractivity (Wildman–Crippen MR) is 84.3 cm³/mol. The van der Waals surface area contributed by atoms with Crippen LogP contribution in [0.5, 0.6) is 0 Å². The van der Waals surface area contributed by atoms with Gasteiger partial charge in [-0.05, 0) is 39.0 Å². The molecule has 0 amide bonds. The molecule has 2 rings (SSSR count). The van der Waals surface area contributed by atoms with Crippen molar-refractivity contribution in [2.24, 2.45) is 0 Å². The number of alkyl halides is 3. The number of halogens is 3. The monoisotopic (exact) mass is 371 g/mol. The standard InChI is InChI=1S/C16H16F3N3O2S/c1-15(2,3)22-9-11(8-21-22)10-25(23,24)13-5-4-12(7-20)14(6-13)16(17,18)19/h4-6,8-9H,10H2,1-3H3. The maximum Gasteiger partial charge on any atom is 0.417 e. The Bertz CT molecular complexity index is 933. The van der Waals surface area contributed by atoms with Crippen LogP contribution >= 0.6 is 0 Å². The normalized spacial score (nSPS) is 12.8. The van der Waals surface area contributed by atoms with E-state index in [4.69, 9.17) is 5.26 Å². The molecule has 5 nitrogen and oxygen atoms in total. The summed E-state index contributed by atoms with van der Waals surface area (Å²) in [5.41, 5.74) is -1.86. The molecule has 134 valence electrons. The first kappa shape index (κ1) is 19.0. The van der Waals surface area contributed by atoms with Crippen LogP contribution in [0.1, 0.15) is 37.5 Å². The van der Waals surface area contributed by atoms with E-state index >= 15 is 0 Å². The second-order valence-corrected chi connectivity index (χ2v) is 8.53. The molecular weight excluding hydrogens is 355 g/mol. The summed E-state index contributed by atoms with van der Waals surface area (Å²) in [7, 11) is -4.02. The molecule has 1 aromatic carbocycles. The van der Waals surface area contributed by atoms with Crippen LogP contribution in [0.15, 0.2) is 35.5 Å². The molecule has 9 heteroatoms. The molecule has 0 unspecified atom stereocenters. The van der Waals surface area contributed by atoms with Gasteiger partial charge in [0.1, 0.15) is 0 Å². The van der Waals surface area contributed by atoms with Gasteiger partial charge < -0.3 is 0 Å². The van der Waals surface area contributed by atoms with Crippen molar-refractivity contribution < 1.29 is 21.6 Å². The average molecular weight is 371 g/mol. The SMILES string of the molecule is CC(C)(C)n1cc(CS(=O)(=O)c2ccc(C#N)c(C(F)(F)F)c2)cn1. The van der Waals surface area contributed by atoms with Crippen LogP contribution in [-0.2, 0) is 27.3 Å². The van der Waals surface area contributed by atoms with Gasteiger partial charge in [-0.15, -0.1) is 0 Å². The van der Waals surface area contributed by atoms with Crippen molar-refractivity contribution >= 4 is 9.84 Å². The van der Waals surface area contributed by atoms with Crippen LogP contribution in [0.2, 0.25) is 0 Å². The lowest BCUT2D eigenvalue weighted by atomic mass is 10.1. The van der Waals surface area contributed by atoms with Crippen LogP contribution in [-0.4, -0.2) is 18.2 Å². The molecule has 0 saturated carbocycles. The minimum Gasteiger partial charge on any atom is -0.267 e. The molecule has 0 bridgehead atoms. The van der Waals surface area contributed by atoms with Gasteiger partial charge in [0.15, 0.2) is 9.84 Å². The maximum absolute atomic E-state index is 13.0. The summed E-state index contributed by atoms with van der Waals surface area (Å²) >= 11 is 0. The summed E-state index contributed by atoms with van der Waals surface area (Å²) in [4.78, 5) is -0.484. The first-order valence-corrected chi connectivity index (χ1v) is 8.88. The fourth-order valence-electron chi connectivity index (χ4n) is 2.15. The largest absolute Gasteiger partial charge is 0.417 e. The highest BCUT2D eigenvalue weighted by atomic mass is 32.2. The number of rotatable bonds is 3. The molecule has 0 aliphatic carbocycles. The lowest BCUT2D eigenvalue weighted by Gasteiger charge is -2.18. The van der Waals surface area contributed by atoms with E-state index in [1.807, 2.05) is 20.8 Å². The van der Waals surface area contributed by atoms with Crippen LogP contribution in [0.3, 0.4) is 0 Å². The van der Waals surface area contributed by atoms with E-state index in [1.165, 1.54) is 12.3 Å². The first-order valence-electron chi connectivity index (χ1n) is 7.23. The number of nitrogens with zero attached hydrogens (tertiary/aromatic N) is 3. The van der Waals surface area contributed by atoms with Gasteiger partial charge in [-0.1, -0.05) is 0 Å². The number of sulfone groups is 1. The summed E-state index contributed by atoms with van der Waals surface area (Å²) in [6, 6.07) is 3.80. The highest BCUT2D eigenvalue weighted by Gasteiger charge is 2.35. The zero-order valence-corrected chi connectivity index (χ0v) is 14.6. The van der Waals surface area contributed by atoms with Gasteiger partial charge in [0.25, 0.3) is 0 Å². The van der Waals surface area contributed by atoms with Gasteiger partial charge in [0.05, 0.1) is 39.6 Å². The third kappa shape index (κ3) is 4.20. The average Bonchev–Trinajstić information content (AvgIpc) is 2.93. The molecule has 2 aromatic rings. The van der Waals surface area contributed by atoms with Crippen LogP contribution in [0, 0.1) is 11.3 Å². The van der Waals surface area contributed by atoms with Crippen molar-refractivity contribution in [1.29, 1.82) is 5.26 Å². The summed E-state index contributed by atoms with van der Waals surface area (Å²) in [5.74, 6) is -0.480. The molecule has 0 atom stereocenters. The summed E-state index contributed by atoms with van der Waals surface area (Å²) in [6.07, 6.45) is -1.89. The lowest BCUT2D eigenvalue weighted by molar-refractivity contribution is -0.137. The molecule has 0 N–H and O–H groups in total. The van der Waals surface area contributed by atoms with E-state index in [0.717, 1.165) is 12.1 Å². The van der Waals surface area contributed by atoms with Crippen molar-refractivity contribution in [1.82, 2.24) is 9.78 Å². The van der Waals surface area contributed by atoms with E-state index in [1.54, 1.807) is 10.9 Å². The molecule has 0 fully saturated rings. The fraction of sp³-hybridized carbons (Fsp3) is 0.375. The predicted octanol–water partition coefficient (Wildman–Crippen LogP) is 3.50. The van der Waals surface area contributed by atoms with E-state index in [0.29, 0.717) is 11.6 Å². The molecule has 0 aliphatic heterocycles. The molecule has 1 heterocycles. The maximum atomic E-state index is 13.0.